The molecule has 40 heavy (non-hydrogen) atoms. The summed E-state index contributed by atoms with van der Waals surface area (Å²) in [5.41, 5.74) is 12.2. The van der Waals surface area contributed by atoms with Crippen LogP contribution in [0.4, 0.5) is 5.69 Å². The number of fused-ring (bicyclic) bond motifs is 6. The summed E-state index contributed by atoms with van der Waals surface area (Å²) in [5, 5.41) is 4.09. The molecule has 1 heteroatoms. The molecule has 3 aliphatic carbocycles. The molecule has 0 spiro atoms. The van der Waals surface area contributed by atoms with Crippen LogP contribution in [-0.4, -0.2) is 0 Å². The number of benzene rings is 4. The van der Waals surface area contributed by atoms with Gasteiger partial charge in [-0.3, -0.25) is 0 Å². The summed E-state index contributed by atoms with van der Waals surface area (Å²) in [5.74, 6) is 0. The van der Waals surface area contributed by atoms with Crippen molar-refractivity contribution in [2.45, 2.75) is 93.4 Å². The van der Waals surface area contributed by atoms with Crippen molar-refractivity contribution in [2.24, 2.45) is 0 Å². The molecule has 1 aliphatic heterocycles. The number of hydrogen-bond acceptors (Lipinski definition) is 1. The largest absolute Gasteiger partial charge is 0.374 e. The molecule has 0 saturated heterocycles. The van der Waals surface area contributed by atoms with Crippen LogP contribution in [0.2, 0.25) is 0 Å². The predicted octanol–water partition coefficient (Wildman–Crippen LogP) is 9.83. The molecule has 4 aromatic rings. The molecule has 1 heterocycles. The molecule has 4 atom stereocenters. The van der Waals surface area contributed by atoms with E-state index < -0.39 is 0 Å². The van der Waals surface area contributed by atoms with Crippen LogP contribution in [-0.2, 0) is 28.2 Å². The zero-order valence-corrected chi connectivity index (χ0v) is 24.1. The van der Waals surface area contributed by atoms with E-state index in [-0.39, 0.29) is 21.8 Å². The van der Waals surface area contributed by atoms with Crippen LogP contribution >= 0.6 is 0 Å². The van der Waals surface area contributed by atoms with E-state index in [1.165, 1.54) is 85.7 Å². The van der Waals surface area contributed by atoms with Crippen LogP contribution < -0.4 is 5.32 Å². The molecule has 1 nitrogen and oxygen atoms in total. The first-order valence-corrected chi connectivity index (χ1v) is 15.7. The third-order valence-electron chi connectivity index (χ3n) is 12.1. The van der Waals surface area contributed by atoms with Crippen LogP contribution in [0.3, 0.4) is 0 Å². The number of anilines is 1. The molecule has 4 aromatic carbocycles. The van der Waals surface area contributed by atoms with Gasteiger partial charge in [-0.15, -0.1) is 0 Å². The molecule has 202 valence electrons. The van der Waals surface area contributed by atoms with Gasteiger partial charge < -0.3 is 5.32 Å². The summed E-state index contributed by atoms with van der Waals surface area (Å²) in [6.07, 6.45) is 11.4. The monoisotopic (exact) mass is 523 g/mol. The van der Waals surface area contributed by atoms with Gasteiger partial charge in [0.2, 0.25) is 0 Å². The second-order valence-electron chi connectivity index (χ2n) is 13.7. The van der Waals surface area contributed by atoms with Gasteiger partial charge in [0.05, 0.1) is 5.54 Å². The van der Waals surface area contributed by atoms with E-state index in [2.05, 4.69) is 116 Å². The molecule has 0 bridgehead atoms. The zero-order valence-electron chi connectivity index (χ0n) is 24.1. The Labute approximate surface area is 240 Å². The Hall–Kier alpha value is -3.32. The minimum Gasteiger partial charge on any atom is -0.374 e. The fraction of sp³-hybridized carbons (Fsp3) is 0.385. The normalized spacial score (nSPS) is 31.9. The lowest BCUT2D eigenvalue weighted by Gasteiger charge is -2.49. The van der Waals surface area contributed by atoms with E-state index in [0.717, 1.165) is 0 Å². The van der Waals surface area contributed by atoms with Crippen molar-refractivity contribution in [3.63, 3.8) is 0 Å². The van der Waals surface area contributed by atoms with E-state index in [1.807, 2.05) is 0 Å². The Bertz CT molecular complexity index is 1470. The fourth-order valence-electron chi connectivity index (χ4n) is 9.87. The predicted molar refractivity (Wildman–Crippen MR) is 167 cm³/mol. The van der Waals surface area contributed by atoms with Crippen molar-refractivity contribution in [3.8, 4) is 11.1 Å². The van der Waals surface area contributed by atoms with Crippen molar-refractivity contribution in [1.29, 1.82) is 0 Å². The lowest BCUT2D eigenvalue weighted by atomic mass is 9.54. The molecule has 0 aromatic heterocycles. The first-order chi connectivity index (χ1) is 19.5. The molecular weight excluding hydrogens is 482 g/mol. The Kier molecular flexibility index (Phi) is 5.26. The van der Waals surface area contributed by atoms with E-state index in [4.69, 9.17) is 0 Å². The topological polar surface area (TPSA) is 12.0 Å². The van der Waals surface area contributed by atoms with Crippen LogP contribution in [0.1, 0.15) is 93.0 Å². The third-order valence-corrected chi connectivity index (χ3v) is 12.1. The molecule has 1 N–H and O–H groups in total. The molecule has 0 amide bonds. The number of rotatable bonds is 3. The van der Waals surface area contributed by atoms with Crippen LogP contribution in [0.15, 0.2) is 97.1 Å². The van der Waals surface area contributed by atoms with Gasteiger partial charge in [-0.1, -0.05) is 124 Å². The molecule has 8 rings (SSSR count). The first kappa shape index (κ1) is 24.5. The van der Waals surface area contributed by atoms with Crippen LogP contribution in [0, 0.1) is 0 Å². The number of hydrogen-bond donors (Lipinski definition) is 1. The molecule has 4 aliphatic rings. The van der Waals surface area contributed by atoms with Gasteiger partial charge in [0.25, 0.3) is 0 Å². The van der Waals surface area contributed by atoms with Crippen molar-refractivity contribution >= 4 is 5.69 Å². The maximum absolute atomic E-state index is 4.09. The van der Waals surface area contributed by atoms with Gasteiger partial charge in [-0.2, -0.15) is 0 Å². The average Bonchev–Trinajstić information content (AvgIpc) is 3.44. The van der Waals surface area contributed by atoms with Crippen molar-refractivity contribution in [2.75, 3.05) is 5.32 Å². The molecular formula is C39H41N. The van der Waals surface area contributed by atoms with Gasteiger partial charge in [0.1, 0.15) is 0 Å². The molecule has 0 radical (unpaired) electrons. The van der Waals surface area contributed by atoms with Crippen LogP contribution in [0.25, 0.3) is 11.1 Å². The third kappa shape index (κ3) is 3.10. The summed E-state index contributed by atoms with van der Waals surface area (Å²) in [7, 11) is 0. The Morgan fingerprint density at radius 3 is 1.90 bits per heavy atom. The van der Waals surface area contributed by atoms with Gasteiger partial charge in [0, 0.05) is 21.9 Å². The number of nitrogens with one attached hydrogen (secondary N) is 1. The highest BCUT2D eigenvalue weighted by atomic mass is 15.1. The molecule has 0 unspecified atom stereocenters. The summed E-state index contributed by atoms with van der Waals surface area (Å²) < 4.78 is 0. The van der Waals surface area contributed by atoms with E-state index in [0.29, 0.717) is 0 Å². The second-order valence-corrected chi connectivity index (χ2v) is 13.7. The van der Waals surface area contributed by atoms with E-state index >= 15 is 0 Å². The van der Waals surface area contributed by atoms with Gasteiger partial charge in [-0.25, -0.2) is 0 Å². The van der Waals surface area contributed by atoms with E-state index in [9.17, 15) is 0 Å². The van der Waals surface area contributed by atoms with Gasteiger partial charge in [-0.05, 0) is 83.2 Å². The summed E-state index contributed by atoms with van der Waals surface area (Å²) in [4.78, 5) is 0. The van der Waals surface area contributed by atoms with Crippen LogP contribution in [0.5, 0.6) is 0 Å². The molecule has 2 fully saturated rings. The van der Waals surface area contributed by atoms with Gasteiger partial charge >= 0.3 is 0 Å². The Balaban J connectivity index is 1.22. The van der Waals surface area contributed by atoms with Gasteiger partial charge in [0.15, 0.2) is 0 Å². The summed E-state index contributed by atoms with van der Waals surface area (Å²) >= 11 is 0. The SMILES string of the molecule is C[C@@]12CCCC[C@]1(c1ccccc1)Cc1ccc(-c3ccc4c(c3)[C@]3(C)CCCC[C@]3(c3ccccc3)N4)cc12. The maximum Gasteiger partial charge on any atom is 0.0719 e. The maximum atomic E-state index is 4.09. The quantitative estimate of drug-likeness (QED) is 0.282. The Morgan fingerprint density at radius 1 is 0.550 bits per heavy atom. The summed E-state index contributed by atoms with van der Waals surface area (Å²) in [6.45, 7) is 5.11. The highest BCUT2D eigenvalue weighted by Gasteiger charge is 2.58. The Morgan fingerprint density at radius 2 is 1.15 bits per heavy atom. The van der Waals surface area contributed by atoms with E-state index in [1.54, 1.807) is 16.7 Å². The highest BCUT2D eigenvalue weighted by Crippen LogP contribution is 2.62. The first-order valence-electron chi connectivity index (χ1n) is 15.7. The fourth-order valence-corrected chi connectivity index (χ4v) is 9.87. The zero-order chi connectivity index (χ0) is 27.0. The lowest BCUT2D eigenvalue weighted by Crippen LogP contribution is -2.50. The second kappa shape index (κ2) is 8.59. The lowest BCUT2D eigenvalue weighted by molar-refractivity contribution is 0.173. The summed E-state index contributed by atoms with van der Waals surface area (Å²) in [6, 6.07) is 37.5. The molecule has 2 saturated carbocycles. The standard InChI is InChI=1S/C39H41N/c1-36-21-9-11-23-38(36,31-13-5-3-6-14-31)27-30-18-17-28(25-33(30)36)29-19-20-35-34(26-29)37(2)22-10-12-24-39(37,40-35)32-15-7-4-8-16-32/h3-8,13-20,25-26,40H,9-12,21-24,27H2,1-2H3/t36-,37-,38+,39+/m0/s1. The smallest absolute Gasteiger partial charge is 0.0719 e. The van der Waals surface area contributed by atoms with Crippen molar-refractivity contribution in [3.05, 3.63) is 125 Å². The highest BCUT2D eigenvalue weighted by molar-refractivity contribution is 5.75. The van der Waals surface area contributed by atoms with Crippen molar-refractivity contribution < 1.29 is 0 Å². The van der Waals surface area contributed by atoms with Crippen molar-refractivity contribution in [1.82, 2.24) is 0 Å². The minimum absolute atomic E-state index is 0.0176. The minimum atomic E-state index is -0.0176. The average molecular weight is 524 g/mol.